The molecule has 22 heavy (non-hydrogen) atoms. The van der Waals surface area contributed by atoms with E-state index in [4.69, 9.17) is 4.74 Å². The summed E-state index contributed by atoms with van der Waals surface area (Å²) in [7, 11) is 0. The predicted octanol–water partition coefficient (Wildman–Crippen LogP) is 2.19. The standard InChI is InChI=1S/C15H20N2O4S/c1-9(2)16-15(20)17-13(18)10(3)21-14(19)11-5-7-12(22-4)8-6-11/h5-10H,1-4H3,(H2,16,17,18,20)/t10-/m0/s1. The van der Waals surface area contributed by atoms with Crippen LogP contribution in [-0.2, 0) is 9.53 Å². The number of imide groups is 1. The highest BCUT2D eigenvalue weighted by Gasteiger charge is 2.20. The van der Waals surface area contributed by atoms with Crippen molar-refractivity contribution >= 4 is 29.7 Å². The molecule has 0 fully saturated rings. The topological polar surface area (TPSA) is 84.5 Å². The summed E-state index contributed by atoms with van der Waals surface area (Å²) >= 11 is 1.56. The Labute approximate surface area is 134 Å². The highest BCUT2D eigenvalue weighted by molar-refractivity contribution is 7.98. The number of thioether (sulfide) groups is 1. The molecule has 0 saturated carbocycles. The second-order valence-electron chi connectivity index (χ2n) is 4.89. The molecule has 0 radical (unpaired) electrons. The molecule has 0 bridgehead atoms. The van der Waals surface area contributed by atoms with Gasteiger partial charge in [-0.25, -0.2) is 9.59 Å². The Morgan fingerprint density at radius 3 is 2.18 bits per heavy atom. The fourth-order valence-electron chi connectivity index (χ4n) is 1.52. The Bertz CT molecular complexity index is 543. The summed E-state index contributed by atoms with van der Waals surface area (Å²) in [5.74, 6) is -1.29. The highest BCUT2D eigenvalue weighted by Crippen LogP contribution is 2.15. The largest absolute Gasteiger partial charge is 0.449 e. The normalized spacial score (nSPS) is 11.7. The molecule has 1 atom stereocenters. The Balaban J connectivity index is 2.55. The third-order valence-corrected chi connectivity index (χ3v) is 3.38. The Hall–Kier alpha value is -2.02. The molecule has 1 rings (SSSR count). The lowest BCUT2D eigenvalue weighted by molar-refractivity contribution is -0.127. The fourth-order valence-corrected chi connectivity index (χ4v) is 1.93. The summed E-state index contributed by atoms with van der Waals surface area (Å²) in [5.41, 5.74) is 0.351. The zero-order chi connectivity index (χ0) is 16.7. The van der Waals surface area contributed by atoms with E-state index in [0.717, 1.165) is 4.90 Å². The third kappa shape index (κ3) is 5.77. The van der Waals surface area contributed by atoms with Crippen LogP contribution in [-0.4, -0.2) is 36.3 Å². The molecule has 7 heteroatoms. The van der Waals surface area contributed by atoms with Gasteiger partial charge in [0, 0.05) is 10.9 Å². The minimum atomic E-state index is -1.06. The van der Waals surface area contributed by atoms with Crippen LogP contribution in [0.1, 0.15) is 31.1 Å². The maximum Gasteiger partial charge on any atom is 0.338 e. The average molecular weight is 324 g/mol. The molecule has 0 aliphatic carbocycles. The van der Waals surface area contributed by atoms with Gasteiger partial charge in [0.05, 0.1) is 5.56 Å². The molecular weight excluding hydrogens is 304 g/mol. The number of amides is 3. The van der Waals surface area contributed by atoms with Crippen LogP contribution in [0.3, 0.4) is 0 Å². The van der Waals surface area contributed by atoms with E-state index in [1.54, 1.807) is 49.9 Å². The molecular formula is C15H20N2O4S. The summed E-state index contributed by atoms with van der Waals surface area (Å²) < 4.78 is 5.04. The van der Waals surface area contributed by atoms with Gasteiger partial charge in [-0.1, -0.05) is 0 Å². The number of benzene rings is 1. The Morgan fingerprint density at radius 2 is 1.68 bits per heavy atom. The fraction of sp³-hybridized carbons (Fsp3) is 0.400. The molecule has 0 saturated heterocycles. The van der Waals surface area contributed by atoms with Crippen molar-refractivity contribution in [3.05, 3.63) is 29.8 Å². The number of carbonyl (C=O) groups is 3. The molecule has 6 nitrogen and oxygen atoms in total. The van der Waals surface area contributed by atoms with Gasteiger partial charge in [-0.3, -0.25) is 10.1 Å². The number of ether oxygens (including phenoxy) is 1. The second-order valence-corrected chi connectivity index (χ2v) is 5.77. The number of hydrogen-bond acceptors (Lipinski definition) is 5. The lowest BCUT2D eigenvalue weighted by atomic mass is 10.2. The molecule has 0 heterocycles. The molecule has 0 unspecified atom stereocenters. The number of rotatable bonds is 5. The van der Waals surface area contributed by atoms with E-state index in [1.165, 1.54) is 6.92 Å². The summed E-state index contributed by atoms with van der Waals surface area (Å²) in [6.07, 6.45) is 0.868. The molecule has 1 aromatic carbocycles. The van der Waals surface area contributed by atoms with Crippen LogP contribution >= 0.6 is 11.8 Å². The molecule has 3 amide bonds. The summed E-state index contributed by atoms with van der Waals surface area (Å²) in [5, 5.41) is 4.63. The van der Waals surface area contributed by atoms with Crippen molar-refractivity contribution in [3.8, 4) is 0 Å². The van der Waals surface area contributed by atoms with Crippen LogP contribution < -0.4 is 10.6 Å². The smallest absolute Gasteiger partial charge is 0.338 e. The Kier molecular flexibility index (Phi) is 6.91. The van der Waals surface area contributed by atoms with Crippen LogP contribution in [0.2, 0.25) is 0 Å². The first-order valence-electron chi connectivity index (χ1n) is 6.80. The van der Waals surface area contributed by atoms with E-state index in [0.29, 0.717) is 5.56 Å². The average Bonchev–Trinajstić information content (AvgIpc) is 2.46. The van der Waals surface area contributed by atoms with Crippen LogP contribution in [0.25, 0.3) is 0 Å². The van der Waals surface area contributed by atoms with E-state index in [1.807, 2.05) is 6.26 Å². The SMILES string of the molecule is CSc1ccc(C(=O)O[C@@H](C)C(=O)NC(=O)NC(C)C)cc1. The zero-order valence-electron chi connectivity index (χ0n) is 13.0. The second kappa shape index (κ2) is 8.43. The van der Waals surface area contributed by atoms with Gasteiger partial charge in [-0.15, -0.1) is 11.8 Å². The molecule has 0 aliphatic heterocycles. The molecule has 2 N–H and O–H groups in total. The van der Waals surface area contributed by atoms with Crippen molar-refractivity contribution in [1.29, 1.82) is 0 Å². The van der Waals surface area contributed by atoms with E-state index >= 15 is 0 Å². The van der Waals surface area contributed by atoms with Gasteiger partial charge < -0.3 is 10.1 Å². The summed E-state index contributed by atoms with van der Waals surface area (Å²) in [6, 6.07) is 6.13. The van der Waals surface area contributed by atoms with Gasteiger partial charge in [0.25, 0.3) is 5.91 Å². The predicted molar refractivity (Wildman–Crippen MR) is 84.9 cm³/mol. The van der Waals surface area contributed by atoms with Crippen LogP contribution in [0.4, 0.5) is 4.79 Å². The molecule has 1 aromatic rings. The van der Waals surface area contributed by atoms with Gasteiger partial charge >= 0.3 is 12.0 Å². The van der Waals surface area contributed by atoms with Gasteiger partial charge in [-0.05, 0) is 51.3 Å². The number of carbonyl (C=O) groups excluding carboxylic acids is 3. The van der Waals surface area contributed by atoms with Crippen molar-refractivity contribution in [2.45, 2.75) is 37.8 Å². The molecule has 0 aliphatic rings. The lowest BCUT2D eigenvalue weighted by Crippen LogP contribution is -2.46. The number of hydrogen-bond donors (Lipinski definition) is 2. The van der Waals surface area contributed by atoms with Crippen LogP contribution in [0, 0.1) is 0 Å². The maximum absolute atomic E-state index is 11.9. The Morgan fingerprint density at radius 1 is 1.09 bits per heavy atom. The van der Waals surface area contributed by atoms with Crippen molar-refractivity contribution in [3.63, 3.8) is 0 Å². The van der Waals surface area contributed by atoms with Crippen molar-refractivity contribution < 1.29 is 19.1 Å². The van der Waals surface area contributed by atoms with Crippen molar-refractivity contribution in [2.75, 3.05) is 6.26 Å². The van der Waals surface area contributed by atoms with Gasteiger partial charge in [-0.2, -0.15) is 0 Å². The molecule has 0 spiro atoms. The molecule has 0 aromatic heterocycles. The summed E-state index contributed by atoms with van der Waals surface area (Å²) in [6.45, 7) is 4.95. The van der Waals surface area contributed by atoms with Crippen LogP contribution in [0.5, 0.6) is 0 Å². The van der Waals surface area contributed by atoms with E-state index in [2.05, 4.69) is 10.6 Å². The first-order chi connectivity index (χ1) is 10.3. The number of urea groups is 1. The zero-order valence-corrected chi connectivity index (χ0v) is 13.8. The van der Waals surface area contributed by atoms with Gasteiger partial charge in [0.1, 0.15) is 0 Å². The van der Waals surface area contributed by atoms with E-state index in [-0.39, 0.29) is 6.04 Å². The molecule has 120 valence electrons. The third-order valence-electron chi connectivity index (χ3n) is 2.64. The first-order valence-corrected chi connectivity index (χ1v) is 8.02. The van der Waals surface area contributed by atoms with E-state index < -0.39 is 24.0 Å². The van der Waals surface area contributed by atoms with E-state index in [9.17, 15) is 14.4 Å². The van der Waals surface area contributed by atoms with Gasteiger partial charge in [0.2, 0.25) is 0 Å². The maximum atomic E-state index is 11.9. The number of esters is 1. The number of nitrogens with one attached hydrogen (secondary N) is 2. The minimum Gasteiger partial charge on any atom is -0.449 e. The highest BCUT2D eigenvalue weighted by atomic mass is 32.2. The summed E-state index contributed by atoms with van der Waals surface area (Å²) in [4.78, 5) is 36.1. The van der Waals surface area contributed by atoms with Crippen LogP contribution in [0.15, 0.2) is 29.2 Å². The minimum absolute atomic E-state index is 0.0967. The van der Waals surface area contributed by atoms with Crippen molar-refractivity contribution in [1.82, 2.24) is 10.6 Å². The quantitative estimate of drug-likeness (QED) is 0.640. The lowest BCUT2D eigenvalue weighted by Gasteiger charge is -2.14. The van der Waals surface area contributed by atoms with Crippen molar-refractivity contribution in [2.24, 2.45) is 0 Å². The first kappa shape index (κ1) is 18.0. The monoisotopic (exact) mass is 324 g/mol. The van der Waals surface area contributed by atoms with Gasteiger partial charge in [0.15, 0.2) is 6.10 Å².